The van der Waals surface area contributed by atoms with Gasteiger partial charge >= 0.3 is 6.18 Å². The van der Waals surface area contributed by atoms with Crippen LogP contribution in [0.5, 0.6) is 0 Å². The van der Waals surface area contributed by atoms with E-state index in [0.717, 1.165) is 23.4 Å². The second kappa shape index (κ2) is 8.13. The van der Waals surface area contributed by atoms with Crippen LogP contribution >= 0.6 is 0 Å². The maximum atomic E-state index is 13.1. The normalized spacial score (nSPS) is 13.9. The Hall–Kier alpha value is -3.23. The highest BCUT2D eigenvalue weighted by atomic mass is 19.4. The molecule has 1 aromatic carbocycles. The summed E-state index contributed by atoms with van der Waals surface area (Å²) in [5, 5.41) is 4.45. The summed E-state index contributed by atoms with van der Waals surface area (Å²) in [4.78, 5) is 23.3. The zero-order chi connectivity index (χ0) is 22.2. The minimum Gasteiger partial charge on any atom is -0.336 e. The molecular weight excluding hydrogens is 407 g/mol. The van der Waals surface area contributed by atoms with Crippen LogP contribution in [0.2, 0.25) is 0 Å². The SMILES string of the molecule is CCC(=O)N1CCc2c(nc(Cc3cccc(C(F)(F)F)c3)nc2-c2ccn(C)n2)C1. The molecule has 1 aliphatic rings. The van der Waals surface area contributed by atoms with Crippen LogP contribution in [0.25, 0.3) is 11.4 Å². The molecule has 0 N–H and O–H groups in total. The molecule has 0 saturated carbocycles. The minimum absolute atomic E-state index is 0.0445. The van der Waals surface area contributed by atoms with Gasteiger partial charge in [-0.1, -0.05) is 25.1 Å². The van der Waals surface area contributed by atoms with Gasteiger partial charge in [0.05, 0.1) is 23.5 Å². The number of hydrogen-bond acceptors (Lipinski definition) is 4. The smallest absolute Gasteiger partial charge is 0.336 e. The quantitative estimate of drug-likeness (QED) is 0.633. The molecule has 0 spiro atoms. The molecule has 1 aliphatic heterocycles. The van der Waals surface area contributed by atoms with Gasteiger partial charge in [-0.2, -0.15) is 18.3 Å². The fourth-order valence-electron chi connectivity index (χ4n) is 3.79. The first-order valence-corrected chi connectivity index (χ1v) is 10.1. The summed E-state index contributed by atoms with van der Waals surface area (Å²) in [7, 11) is 1.81. The van der Waals surface area contributed by atoms with Gasteiger partial charge in [0.15, 0.2) is 0 Å². The summed E-state index contributed by atoms with van der Waals surface area (Å²) in [6.45, 7) is 2.76. The van der Waals surface area contributed by atoms with Gasteiger partial charge in [-0.3, -0.25) is 9.48 Å². The van der Waals surface area contributed by atoms with Crippen LogP contribution in [0, 0.1) is 0 Å². The Morgan fingerprint density at radius 2 is 2.00 bits per heavy atom. The molecule has 2 aromatic heterocycles. The van der Waals surface area contributed by atoms with Gasteiger partial charge < -0.3 is 4.90 Å². The Bertz CT molecular complexity index is 1120. The lowest BCUT2D eigenvalue weighted by atomic mass is 10.00. The number of carbonyl (C=O) groups is 1. The van der Waals surface area contributed by atoms with Crippen LogP contribution < -0.4 is 0 Å². The van der Waals surface area contributed by atoms with E-state index in [4.69, 9.17) is 0 Å². The third-order valence-corrected chi connectivity index (χ3v) is 5.34. The molecule has 0 radical (unpaired) electrons. The monoisotopic (exact) mass is 429 g/mol. The highest BCUT2D eigenvalue weighted by Crippen LogP contribution is 2.31. The molecule has 0 aliphatic carbocycles. The third-order valence-electron chi connectivity index (χ3n) is 5.34. The number of nitrogens with zero attached hydrogens (tertiary/aromatic N) is 5. The van der Waals surface area contributed by atoms with Crippen LogP contribution in [0.4, 0.5) is 13.2 Å². The number of hydrogen-bond donors (Lipinski definition) is 0. The van der Waals surface area contributed by atoms with E-state index in [1.54, 1.807) is 15.6 Å². The third kappa shape index (κ3) is 4.45. The fraction of sp³-hybridized carbons (Fsp3) is 0.364. The maximum Gasteiger partial charge on any atom is 0.416 e. The number of alkyl halides is 3. The van der Waals surface area contributed by atoms with Crippen LogP contribution in [-0.4, -0.2) is 37.1 Å². The number of amides is 1. The molecule has 31 heavy (non-hydrogen) atoms. The molecule has 9 heteroatoms. The first-order chi connectivity index (χ1) is 14.7. The van der Waals surface area contributed by atoms with E-state index >= 15 is 0 Å². The topological polar surface area (TPSA) is 63.9 Å². The lowest BCUT2D eigenvalue weighted by Gasteiger charge is -2.29. The van der Waals surface area contributed by atoms with E-state index < -0.39 is 11.7 Å². The summed E-state index contributed by atoms with van der Waals surface area (Å²) in [6.07, 6.45) is -1.43. The van der Waals surface area contributed by atoms with E-state index in [9.17, 15) is 18.0 Å². The number of rotatable bonds is 4. The van der Waals surface area contributed by atoms with Crippen LogP contribution in [-0.2, 0) is 37.4 Å². The van der Waals surface area contributed by atoms with Gasteiger partial charge in [-0.25, -0.2) is 9.97 Å². The van der Waals surface area contributed by atoms with E-state index in [1.807, 2.05) is 26.2 Å². The van der Waals surface area contributed by atoms with Crippen molar-refractivity contribution < 1.29 is 18.0 Å². The van der Waals surface area contributed by atoms with E-state index in [2.05, 4.69) is 15.1 Å². The van der Waals surface area contributed by atoms with Crippen molar-refractivity contribution >= 4 is 5.91 Å². The Labute approximate surface area is 177 Å². The highest BCUT2D eigenvalue weighted by Gasteiger charge is 2.30. The van der Waals surface area contributed by atoms with Crippen molar-refractivity contribution in [1.29, 1.82) is 0 Å². The minimum atomic E-state index is -4.41. The first kappa shape index (κ1) is 21.0. The summed E-state index contributed by atoms with van der Waals surface area (Å²) in [6, 6.07) is 7.03. The second-order valence-corrected chi connectivity index (χ2v) is 7.58. The Kier molecular flexibility index (Phi) is 5.51. The summed E-state index contributed by atoms with van der Waals surface area (Å²) in [5.74, 6) is 0.451. The van der Waals surface area contributed by atoms with Gasteiger partial charge in [0.25, 0.3) is 0 Å². The Morgan fingerprint density at radius 1 is 1.19 bits per heavy atom. The molecule has 162 valence electrons. The van der Waals surface area contributed by atoms with Crippen molar-refractivity contribution in [3.8, 4) is 11.4 Å². The molecule has 0 fully saturated rings. The molecule has 3 heterocycles. The molecule has 0 atom stereocenters. The number of aromatic nitrogens is 4. The van der Waals surface area contributed by atoms with Crippen molar-refractivity contribution in [2.45, 2.75) is 38.9 Å². The molecular formula is C22H22F3N5O. The van der Waals surface area contributed by atoms with E-state index in [-0.39, 0.29) is 12.3 Å². The number of carbonyl (C=O) groups excluding carboxylic acids is 1. The zero-order valence-electron chi connectivity index (χ0n) is 17.3. The van der Waals surface area contributed by atoms with E-state index in [1.165, 1.54) is 6.07 Å². The largest absolute Gasteiger partial charge is 0.416 e. The summed E-state index contributed by atoms with van der Waals surface area (Å²) < 4.78 is 41.0. The van der Waals surface area contributed by atoms with Gasteiger partial charge in [0.2, 0.25) is 5.91 Å². The Morgan fingerprint density at radius 3 is 2.68 bits per heavy atom. The molecule has 0 saturated heterocycles. The van der Waals surface area contributed by atoms with Gasteiger partial charge in [0, 0.05) is 38.2 Å². The van der Waals surface area contributed by atoms with Crippen LogP contribution in [0.15, 0.2) is 36.5 Å². The van der Waals surface area contributed by atoms with Crippen LogP contribution in [0.1, 0.15) is 41.6 Å². The van der Waals surface area contributed by atoms with E-state index in [0.29, 0.717) is 48.7 Å². The van der Waals surface area contributed by atoms with Crippen molar-refractivity contribution in [2.24, 2.45) is 7.05 Å². The lowest BCUT2D eigenvalue weighted by molar-refractivity contribution is -0.137. The molecule has 4 rings (SSSR count). The maximum absolute atomic E-state index is 13.1. The predicted molar refractivity (Wildman–Crippen MR) is 108 cm³/mol. The van der Waals surface area contributed by atoms with Crippen molar-refractivity contribution in [1.82, 2.24) is 24.6 Å². The molecule has 0 unspecified atom stereocenters. The average Bonchev–Trinajstić information content (AvgIpc) is 3.18. The Balaban J connectivity index is 1.74. The molecule has 0 bridgehead atoms. The molecule has 1 amide bonds. The van der Waals surface area contributed by atoms with Crippen molar-refractivity contribution in [3.05, 3.63) is 64.7 Å². The van der Waals surface area contributed by atoms with Crippen molar-refractivity contribution in [2.75, 3.05) is 6.54 Å². The molecule has 3 aromatic rings. The second-order valence-electron chi connectivity index (χ2n) is 7.58. The van der Waals surface area contributed by atoms with Gasteiger partial charge in [-0.05, 0) is 24.1 Å². The number of halogens is 3. The number of benzene rings is 1. The van der Waals surface area contributed by atoms with Crippen LogP contribution in [0.3, 0.4) is 0 Å². The predicted octanol–water partition coefficient (Wildman–Crippen LogP) is 3.78. The summed E-state index contributed by atoms with van der Waals surface area (Å²) in [5.41, 5.74) is 2.79. The van der Waals surface area contributed by atoms with Gasteiger partial charge in [-0.15, -0.1) is 0 Å². The summed E-state index contributed by atoms with van der Waals surface area (Å²) >= 11 is 0. The zero-order valence-corrected chi connectivity index (χ0v) is 17.3. The van der Waals surface area contributed by atoms with Gasteiger partial charge in [0.1, 0.15) is 11.5 Å². The standard InChI is InChI=1S/C22H22F3N5O/c1-3-20(31)30-10-7-16-18(13-30)26-19(27-21(16)17-8-9-29(2)28-17)12-14-5-4-6-15(11-14)22(23,24)25/h4-6,8-9,11H,3,7,10,12-13H2,1-2H3. The lowest BCUT2D eigenvalue weighted by Crippen LogP contribution is -2.36. The number of aryl methyl sites for hydroxylation is 1. The fourth-order valence-corrected chi connectivity index (χ4v) is 3.79. The van der Waals surface area contributed by atoms with Crippen molar-refractivity contribution in [3.63, 3.8) is 0 Å². The highest BCUT2D eigenvalue weighted by molar-refractivity contribution is 5.76. The number of fused-ring (bicyclic) bond motifs is 1. The average molecular weight is 429 g/mol. The first-order valence-electron chi connectivity index (χ1n) is 10.1. The molecule has 6 nitrogen and oxygen atoms in total.